The standard InChI is InChI=1S/C9H17NO6S/c1-6(10)7(8(12)13)9(2,4-3-5-11)17(14,15)16/h11H,3-5,10H2,1-2H3,(H,12,13)(H,14,15,16). The van der Waals surface area contributed by atoms with E-state index in [0.717, 1.165) is 6.92 Å². The normalized spacial score (nSPS) is 17.2. The maximum Gasteiger partial charge on any atom is 0.335 e. The van der Waals surface area contributed by atoms with Crippen molar-refractivity contribution < 1.29 is 28.0 Å². The van der Waals surface area contributed by atoms with Gasteiger partial charge in [0.2, 0.25) is 0 Å². The van der Waals surface area contributed by atoms with Gasteiger partial charge in [0.15, 0.2) is 0 Å². The highest BCUT2D eigenvalue weighted by Crippen LogP contribution is 2.32. The molecule has 0 radical (unpaired) electrons. The average molecular weight is 267 g/mol. The Balaban J connectivity index is 5.79. The maximum absolute atomic E-state index is 11.3. The minimum absolute atomic E-state index is 0.0281. The first kappa shape index (κ1) is 15.9. The van der Waals surface area contributed by atoms with Crippen molar-refractivity contribution in [3.63, 3.8) is 0 Å². The van der Waals surface area contributed by atoms with E-state index < -0.39 is 26.4 Å². The molecule has 7 nitrogen and oxygen atoms in total. The lowest BCUT2D eigenvalue weighted by molar-refractivity contribution is -0.133. The minimum Gasteiger partial charge on any atom is -0.478 e. The van der Waals surface area contributed by atoms with Crippen LogP contribution in [0.25, 0.3) is 0 Å². The second kappa shape index (κ2) is 5.48. The highest BCUT2D eigenvalue weighted by molar-refractivity contribution is 7.87. The van der Waals surface area contributed by atoms with Gasteiger partial charge in [-0.3, -0.25) is 4.55 Å². The molecule has 0 aliphatic heterocycles. The molecule has 0 aromatic heterocycles. The summed E-state index contributed by atoms with van der Waals surface area (Å²) in [6.07, 6.45) is -0.209. The molecule has 0 saturated carbocycles. The molecule has 0 spiro atoms. The van der Waals surface area contributed by atoms with Crippen LogP contribution in [-0.2, 0) is 14.9 Å². The van der Waals surface area contributed by atoms with Crippen molar-refractivity contribution in [3.8, 4) is 0 Å². The molecule has 0 aromatic rings. The fraction of sp³-hybridized carbons (Fsp3) is 0.667. The Morgan fingerprint density at radius 2 is 1.88 bits per heavy atom. The van der Waals surface area contributed by atoms with E-state index in [1.54, 1.807) is 0 Å². The first-order valence-electron chi connectivity index (χ1n) is 4.86. The fourth-order valence-corrected chi connectivity index (χ4v) is 2.52. The Kier molecular flexibility index (Phi) is 5.12. The molecule has 0 aliphatic carbocycles. The molecule has 0 heterocycles. The van der Waals surface area contributed by atoms with E-state index in [-0.39, 0.29) is 25.1 Å². The molecule has 0 aliphatic rings. The van der Waals surface area contributed by atoms with Gasteiger partial charge >= 0.3 is 5.97 Å². The molecule has 0 saturated heterocycles. The molecule has 0 fully saturated rings. The van der Waals surface area contributed by atoms with Crippen LogP contribution in [0.15, 0.2) is 11.3 Å². The molecule has 5 N–H and O–H groups in total. The van der Waals surface area contributed by atoms with Crippen molar-refractivity contribution in [2.45, 2.75) is 31.4 Å². The molecule has 1 unspecified atom stereocenters. The zero-order valence-electron chi connectivity index (χ0n) is 9.67. The van der Waals surface area contributed by atoms with Crippen molar-refractivity contribution in [1.29, 1.82) is 0 Å². The summed E-state index contributed by atoms with van der Waals surface area (Å²) in [7, 11) is -4.66. The van der Waals surface area contributed by atoms with Crippen molar-refractivity contribution in [1.82, 2.24) is 0 Å². The van der Waals surface area contributed by atoms with E-state index in [2.05, 4.69) is 0 Å². The number of carbonyl (C=O) groups is 1. The lowest BCUT2D eigenvalue weighted by Crippen LogP contribution is -2.41. The largest absolute Gasteiger partial charge is 0.478 e. The van der Waals surface area contributed by atoms with Gasteiger partial charge in [-0.2, -0.15) is 8.42 Å². The average Bonchev–Trinajstić information content (AvgIpc) is 2.11. The van der Waals surface area contributed by atoms with Crippen molar-refractivity contribution >= 4 is 16.1 Å². The lowest BCUT2D eigenvalue weighted by Gasteiger charge is -2.27. The number of nitrogens with two attached hydrogens (primary N) is 1. The Labute approximate surface area is 99.7 Å². The number of hydrogen-bond donors (Lipinski definition) is 4. The van der Waals surface area contributed by atoms with Gasteiger partial charge in [-0.05, 0) is 26.7 Å². The molecular formula is C9H17NO6S. The van der Waals surface area contributed by atoms with E-state index in [1.807, 2.05) is 0 Å². The molecule has 0 aromatic carbocycles. The highest BCUT2D eigenvalue weighted by Gasteiger charge is 2.45. The third-order valence-electron chi connectivity index (χ3n) is 2.52. The summed E-state index contributed by atoms with van der Waals surface area (Å²) in [4.78, 5) is 11.0. The molecule has 100 valence electrons. The number of aliphatic hydroxyl groups excluding tert-OH is 1. The number of hydrogen-bond acceptors (Lipinski definition) is 5. The van der Waals surface area contributed by atoms with Crippen LogP contribution in [0.2, 0.25) is 0 Å². The highest BCUT2D eigenvalue weighted by atomic mass is 32.2. The molecule has 0 amide bonds. The van der Waals surface area contributed by atoms with Gasteiger partial charge in [-0.25, -0.2) is 4.79 Å². The summed E-state index contributed by atoms with van der Waals surface area (Å²) >= 11 is 0. The number of carboxylic acids is 1. The van der Waals surface area contributed by atoms with Crippen molar-refractivity contribution in [2.75, 3.05) is 6.61 Å². The van der Waals surface area contributed by atoms with Crippen molar-refractivity contribution in [3.05, 3.63) is 11.3 Å². The quantitative estimate of drug-likeness (QED) is 0.383. The summed E-state index contributed by atoms with van der Waals surface area (Å²) < 4.78 is 29.8. The second-order valence-electron chi connectivity index (χ2n) is 3.90. The summed E-state index contributed by atoms with van der Waals surface area (Å²) in [6.45, 7) is 1.99. The van der Waals surface area contributed by atoms with Crippen LogP contribution < -0.4 is 5.73 Å². The van der Waals surface area contributed by atoms with Crippen LogP contribution in [0.5, 0.6) is 0 Å². The topological polar surface area (TPSA) is 138 Å². The van der Waals surface area contributed by atoms with Crippen LogP contribution >= 0.6 is 0 Å². The molecular weight excluding hydrogens is 250 g/mol. The monoisotopic (exact) mass is 267 g/mol. The summed E-state index contributed by atoms with van der Waals surface area (Å²) in [5.74, 6) is -1.51. The van der Waals surface area contributed by atoms with E-state index in [1.165, 1.54) is 6.92 Å². The number of aliphatic carboxylic acids is 1. The first-order chi connectivity index (χ1) is 7.58. The Morgan fingerprint density at radius 1 is 1.41 bits per heavy atom. The molecule has 0 rings (SSSR count). The zero-order valence-corrected chi connectivity index (χ0v) is 10.5. The van der Waals surface area contributed by atoms with Gasteiger partial charge in [0.1, 0.15) is 4.75 Å². The van der Waals surface area contributed by atoms with Crippen LogP contribution in [0.3, 0.4) is 0 Å². The fourth-order valence-electron chi connectivity index (χ4n) is 1.61. The number of allylic oxidation sites excluding steroid dienone is 1. The zero-order chi connectivity index (χ0) is 13.9. The molecule has 17 heavy (non-hydrogen) atoms. The molecule has 8 heteroatoms. The smallest absolute Gasteiger partial charge is 0.335 e. The van der Waals surface area contributed by atoms with Gasteiger partial charge in [-0.1, -0.05) is 0 Å². The van der Waals surface area contributed by atoms with Gasteiger partial charge in [0.05, 0.1) is 5.57 Å². The summed E-state index contributed by atoms with van der Waals surface area (Å²) in [6, 6.07) is 0. The molecule has 0 bridgehead atoms. The van der Waals surface area contributed by atoms with Gasteiger partial charge in [0.25, 0.3) is 10.1 Å². The number of aliphatic hydroxyl groups is 1. The van der Waals surface area contributed by atoms with Crippen LogP contribution in [-0.4, -0.2) is 40.5 Å². The Hall–Kier alpha value is -1.12. The van der Waals surface area contributed by atoms with E-state index >= 15 is 0 Å². The minimum atomic E-state index is -4.66. The SMILES string of the molecule is CC(N)=C(C(=O)O)C(C)(CCCO)S(=O)(=O)O. The number of rotatable bonds is 6. The van der Waals surface area contributed by atoms with Crippen LogP contribution in [0, 0.1) is 0 Å². The Bertz CT molecular complexity index is 423. The Morgan fingerprint density at radius 3 is 2.12 bits per heavy atom. The van der Waals surface area contributed by atoms with Gasteiger partial charge in [-0.15, -0.1) is 0 Å². The van der Waals surface area contributed by atoms with E-state index in [4.69, 9.17) is 20.5 Å². The predicted molar refractivity (Wildman–Crippen MR) is 60.8 cm³/mol. The summed E-state index contributed by atoms with van der Waals surface area (Å²) in [5.41, 5.74) is 4.58. The summed E-state index contributed by atoms with van der Waals surface area (Å²) in [5, 5.41) is 17.6. The van der Waals surface area contributed by atoms with Crippen LogP contribution in [0.4, 0.5) is 0 Å². The van der Waals surface area contributed by atoms with Crippen molar-refractivity contribution in [2.24, 2.45) is 5.73 Å². The first-order valence-corrected chi connectivity index (χ1v) is 6.30. The third kappa shape index (κ3) is 3.42. The van der Waals surface area contributed by atoms with Gasteiger partial charge < -0.3 is 15.9 Å². The molecule has 1 atom stereocenters. The van der Waals surface area contributed by atoms with Crippen LogP contribution in [0.1, 0.15) is 26.7 Å². The second-order valence-corrected chi connectivity index (χ2v) is 5.75. The lowest BCUT2D eigenvalue weighted by atomic mass is 9.93. The third-order valence-corrected chi connectivity index (χ3v) is 4.07. The maximum atomic E-state index is 11.3. The number of carboxylic acid groups (broad SMARTS) is 1. The van der Waals surface area contributed by atoms with E-state index in [0.29, 0.717) is 0 Å². The van der Waals surface area contributed by atoms with Gasteiger partial charge in [0, 0.05) is 12.3 Å². The predicted octanol–water partition coefficient (Wildman–Crippen LogP) is -0.277. The van der Waals surface area contributed by atoms with E-state index in [9.17, 15) is 13.2 Å².